The van der Waals surface area contributed by atoms with E-state index in [4.69, 9.17) is 4.74 Å². The third-order valence-corrected chi connectivity index (χ3v) is 6.82. The summed E-state index contributed by atoms with van der Waals surface area (Å²) in [4.78, 5) is 11.7. The Morgan fingerprint density at radius 1 is 1.26 bits per heavy atom. The van der Waals surface area contributed by atoms with Crippen LogP contribution >= 0.6 is 0 Å². The van der Waals surface area contributed by atoms with Gasteiger partial charge in [-0.25, -0.2) is 18.0 Å². The molecule has 1 aliphatic heterocycles. The van der Waals surface area contributed by atoms with Crippen LogP contribution in [-0.4, -0.2) is 38.0 Å². The average Bonchev–Trinajstić information content (AvgIpc) is 3.39. The number of H-pyrrole nitrogens is 1. The quantitative estimate of drug-likeness (QED) is 0.395. The standard InChI is InChI=1S/C25H24F3N3O3/c1-12(2)23-19(13-6-7-25(3,24(32)33)34-11-13)20-18(8-14-10-29-30-22(14)21(20)28)31(23)15-4-5-16(26)17(27)9-15/h4-5,8-10,12-13H,6-7,11H2,1-3H3,(H,29,30)(H,32,33)/t13-,25+/m0/s1. The number of rotatable bonds is 4. The first-order valence-electron chi connectivity index (χ1n) is 11.1. The molecule has 34 heavy (non-hydrogen) atoms. The molecule has 178 valence electrons. The molecule has 3 heterocycles. The minimum atomic E-state index is -1.30. The number of halogens is 3. The number of aliphatic carboxylic acids is 1. The summed E-state index contributed by atoms with van der Waals surface area (Å²) in [6.45, 7) is 5.53. The molecule has 0 saturated carbocycles. The third-order valence-electron chi connectivity index (χ3n) is 6.82. The number of carbonyl (C=O) groups is 1. The molecule has 6 nitrogen and oxygen atoms in total. The molecule has 5 rings (SSSR count). The zero-order valence-electron chi connectivity index (χ0n) is 19.0. The maximum absolute atomic E-state index is 16.0. The molecule has 1 saturated heterocycles. The van der Waals surface area contributed by atoms with E-state index in [1.54, 1.807) is 10.6 Å². The molecular formula is C25H24F3N3O3. The molecule has 0 amide bonds. The van der Waals surface area contributed by atoms with Gasteiger partial charge in [-0.1, -0.05) is 13.8 Å². The van der Waals surface area contributed by atoms with Crippen molar-refractivity contribution in [2.75, 3.05) is 6.61 Å². The Bertz CT molecular complexity index is 1430. The van der Waals surface area contributed by atoms with Crippen molar-refractivity contribution in [1.82, 2.24) is 14.8 Å². The van der Waals surface area contributed by atoms with E-state index in [-0.39, 0.29) is 30.4 Å². The number of aromatic amines is 1. The van der Waals surface area contributed by atoms with Gasteiger partial charge >= 0.3 is 5.97 Å². The van der Waals surface area contributed by atoms with Gasteiger partial charge in [-0.3, -0.25) is 5.10 Å². The van der Waals surface area contributed by atoms with Crippen LogP contribution in [0.3, 0.4) is 0 Å². The molecule has 2 atom stereocenters. The highest BCUT2D eigenvalue weighted by Crippen LogP contribution is 2.45. The summed E-state index contributed by atoms with van der Waals surface area (Å²) in [7, 11) is 0. The van der Waals surface area contributed by atoms with E-state index in [2.05, 4.69) is 10.2 Å². The summed E-state index contributed by atoms with van der Waals surface area (Å²) >= 11 is 0. The van der Waals surface area contributed by atoms with Crippen LogP contribution in [0.25, 0.3) is 27.5 Å². The summed E-state index contributed by atoms with van der Waals surface area (Å²) in [5.74, 6) is -3.89. The number of hydrogen-bond donors (Lipinski definition) is 2. The minimum absolute atomic E-state index is 0.0971. The van der Waals surface area contributed by atoms with E-state index in [0.717, 1.165) is 17.8 Å². The number of fused-ring (bicyclic) bond motifs is 2. The van der Waals surface area contributed by atoms with E-state index in [0.29, 0.717) is 34.0 Å². The van der Waals surface area contributed by atoms with Gasteiger partial charge in [0.1, 0.15) is 5.52 Å². The number of carboxylic acid groups (broad SMARTS) is 1. The van der Waals surface area contributed by atoms with Gasteiger partial charge in [-0.15, -0.1) is 0 Å². The first-order valence-corrected chi connectivity index (χ1v) is 11.1. The van der Waals surface area contributed by atoms with Crippen molar-refractivity contribution >= 4 is 27.8 Å². The van der Waals surface area contributed by atoms with E-state index in [1.807, 2.05) is 13.8 Å². The Morgan fingerprint density at radius 3 is 2.65 bits per heavy atom. The molecule has 0 spiro atoms. The molecule has 1 aliphatic rings. The van der Waals surface area contributed by atoms with Gasteiger partial charge in [0, 0.05) is 34.1 Å². The molecule has 4 aromatic rings. The molecule has 2 aromatic heterocycles. The fraction of sp³-hybridized carbons (Fsp3) is 0.360. The van der Waals surface area contributed by atoms with Gasteiger partial charge < -0.3 is 14.4 Å². The predicted molar refractivity (Wildman–Crippen MR) is 121 cm³/mol. The number of nitrogens with one attached hydrogen (secondary N) is 1. The van der Waals surface area contributed by atoms with Crippen LogP contribution in [0.1, 0.15) is 56.7 Å². The first-order chi connectivity index (χ1) is 16.1. The second-order valence-corrected chi connectivity index (χ2v) is 9.39. The Hall–Kier alpha value is -3.33. The molecule has 0 bridgehead atoms. The number of ether oxygens (including phenoxy) is 1. The second kappa shape index (κ2) is 7.87. The smallest absolute Gasteiger partial charge is 0.335 e. The lowest BCUT2D eigenvalue weighted by Crippen LogP contribution is -2.43. The monoisotopic (exact) mass is 471 g/mol. The van der Waals surface area contributed by atoms with E-state index >= 15 is 4.39 Å². The molecule has 0 radical (unpaired) electrons. The van der Waals surface area contributed by atoms with Gasteiger partial charge in [-0.05, 0) is 49.4 Å². The third kappa shape index (κ3) is 3.29. The van der Waals surface area contributed by atoms with Crippen molar-refractivity contribution in [3.63, 3.8) is 0 Å². The van der Waals surface area contributed by atoms with Crippen LogP contribution < -0.4 is 0 Å². The van der Waals surface area contributed by atoms with Crippen LogP contribution in [-0.2, 0) is 9.53 Å². The molecule has 2 N–H and O–H groups in total. The van der Waals surface area contributed by atoms with Gasteiger partial charge in [0.05, 0.1) is 18.3 Å². The van der Waals surface area contributed by atoms with Crippen LogP contribution in [0.4, 0.5) is 13.2 Å². The molecule has 0 unspecified atom stereocenters. The topological polar surface area (TPSA) is 80.1 Å². The highest BCUT2D eigenvalue weighted by Gasteiger charge is 2.41. The van der Waals surface area contributed by atoms with Gasteiger partial charge in [-0.2, -0.15) is 5.10 Å². The number of benzene rings is 2. The Morgan fingerprint density at radius 2 is 2.03 bits per heavy atom. The first kappa shape index (κ1) is 22.5. The van der Waals surface area contributed by atoms with Crippen molar-refractivity contribution in [2.45, 2.75) is 51.0 Å². The van der Waals surface area contributed by atoms with Crippen molar-refractivity contribution in [2.24, 2.45) is 0 Å². The van der Waals surface area contributed by atoms with Crippen LogP contribution in [0, 0.1) is 17.5 Å². The maximum atomic E-state index is 16.0. The molecule has 1 fully saturated rings. The molecule has 2 aromatic carbocycles. The molecule has 0 aliphatic carbocycles. The number of carboxylic acids is 1. The largest absolute Gasteiger partial charge is 0.479 e. The predicted octanol–water partition coefficient (Wildman–Crippen LogP) is 5.78. The van der Waals surface area contributed by atoms with E-state index < -0.39 is 29.0 Å². The normalized spacial score (nSPS) is 21.1. The lowest BCUT2D eigenvalue weighted by atomic mass is 9.83. The number of aromatic nitrogens is 3. The lowest BCUT2D eigenvalue weighted by Gasteiger charge is -2.35. The minimum Gasteiger partial charge on any atom is -0.479 e. The van der Waals surface area contributed by atoms with Crippen molar-refractivity contribution in [1.29, 1.82) is 0 Å². The zero-order valence-corrected chi connectivity index (χ0v) is 19.0. The highest BCUT2D eigenvalue weighted by atomic mass is 19.2. The van der Waals surface area contributed by atoms with Crippen molar-refractivity contribution in [3.05, 3.63) is 59.2 Å². The Kier molecular flexibility index (Phi) is 5.20. The molecule has 9 heteroatoms. The van der Waals surface area contributed by atoms with Crippen LogP contribution in [0.15, 0.2) is 30.5 Å². The number of hydrogen-bond acceptors (Lipinski definition) is 3. The van der Waals surface area contributed by atoms with E-state index in [1.165, 1.54) is 19.2 Å². The summed E-state index contributed by atoms with van der Waals surface area (Å²) in [6.07, 6.45) is 2.24. The fourth-order valence-corrected chi connectivity index (χ4v) is 5.02. The number of nitrogens with zero attached hydrogens (tertiary/aromatic N) is 2. The van der Waals surface area contributed by atoms with Gasteiger partial charge in [0.2, 0.25) is 0 Å². The average molecular weight is 471 g/mol. The maximum Gasteiger partial charge on any atom is 0.335 e. The Labute approximate surface area is 193 Å². The Balaban J connectivity index is 1.82. The van der Waals surface area contributed by atoms with E-state index in [9.17, 15) is 18.7 Å². The molecular weight excluding hydrogens is 447 g/mol. The lowest BCUT2D eigenvalue weighted by molar-refractivity contribution is -0.170. The van der Waals surface area contributed by atoms with Gasteiger partial charge in [0.15, 0.2) is 23.1 Å². The summed E-state index contributed by atoms with van der Waals surface area (Å²) in [6, 6.07) is 5.39. The summed E-state index contributed by atoms with van der Waals surface area (Å²) in [5.41, 5.74) is 1.25. The second-order valence-electron chi connectivity index (χ2n) is 9.39. The fourth-order valence-electron chi connectivity index (χ4n) is 5.02. The SMILES string of the molecule is CC(C)c1c([C@H]2CC[C@](C)(C(=O)O)OC2)c2c(F)c3[nH]ncc3cc2n1-c1ccc(F)c(F)c1. The van der Waals surface area contributed by atoms with Crippen LogP contribution in [0.5, 0.6) is 0 Å². The highest BCUT2D eigenvalue weighted by molar-refractivity contribution is 5.99. The van der Waals surface area contributed by atoms with Crippen LogP contribution in [0.2, 0.25) is 0 Å². The summed E-state index contributed by atoms with van der Waals surface area (Å²) in [5, 5.41) is 17.1. The van der Waals surface area contributed by atoms with Gasteiger partial charge in [0.25, 0.3) is 0 Å². The van der Waals surface area contributed by atoms with Crippen molar-refractivity contribution in [3.8, 4) is 5.69 Å². The summed E-state index contributed by atoms with van der Waals surface area (Å²) < 4.78 is 51.5. The van der Waals surface area contributed by atoms with Crippen molar-refractivity contribution < 1.29 is 27.8 Å². The zero-order chi connectivity index (χ0) is 24.4.